The molecule has 1 N–H and O–H groups in total. The van der Waals surface area contributed by atoms with Gasteiger partial charge in [-0.25, -0.2) is 9.78 Å². The minimum Gasteiger partial charge on any atom is -0.493 e. The largest absolute Gasteiger partial charge is 0.493 e. The van der Waals surface area contributed by atoms with E-state index in [1.165, 1.54) is 6.07 Å². The van der Waals surface area contributed by atoms with Crippen molar-refractivity contribution in [2.45, 2.75) is 33.1 Å². The van der Waals surface area contributed by atoms with E-state index >= 15 is 0 Å². The highest BCUT2D eigenvalue weighted by molar-refractivity contribution is 6.30. The van der Waals surface area contributed by atoms with E-state index in [2.05, 4.69) is 18.8 Å². The summed E-state index contributed by atoms with van der Waals surface area (Å²) in [6.45, 7) is 4.97. The molecule has 0 spiro atoms. The maximum atomic E-state index is 11.1. The van der Waals surface area contributed by atoms with Crippen LogP contribution in [0.2, 0.25) is 5.02 Å². The molecular weight excluding hydrogens is 326 g/mol. The van der Waals surface area contributed by atoms with Crippen molar-refractivity contribution in [2.24, 2.45) is 5.92 Å². The Morgan fingerprint density at radius 2 is 2.00 bits per heavy atom. The van der Waals surface area contributed by atoms with Crippen LogP contribution in [0.3, 0.4) is 0 Å². The third-order valence-corrected chi connectivity index (χ3v) is 4.28. The topological polar surface area (TPSA) is 59.4 Å². The molecule has 5 heteroatoms. The Labute approximate surface area is 147 Å². The molecule has 2 rings (SSSR count). The van der Waals surface area contributed by atoms with Crippen LogP contribution in [0.25, 0.3) is 0 Å². The fourth-order valence-corrected chi connectivity index (χ4v) is 2.65. The average Bonchev–Trinajstić information content (AvgIpc) is 2.57. The molecule has 0 radical (unpaired) electrons. The molecule has 128 valence electrons. The lowest BCUT2D eigenvalue weighted by molar-refractivity contribution is 0.0690. The van der Waals surface area contributed by atoms with E-state index < -0.39 is 5.97 Å². The predicted molar refractivity (Wildman–Crippen MR) is 95.0 cm³/mol. The Bertz CT molecular complexity index is 699. The van der Waals surface area contributed by atoms with Gasteiger partial charge in [0.2, 0.25) is 0 Å². The Balaban J connectivity index is 2.21. The maximum Gasteiger partial charge on any atom is 0.354 e. The number of aromatic nitrogens is 1. The summed E-state index contributed by atoms with van der Waals surface area (Å²) in [6.07, 6.45) is 2.61. The first-order valence-electron chi connectivity index (χ1n) is 8.13. The van der Waals surface area contributed by atoms with Gasteiger partial charge >= 0.3 is 5.97 Å². The van der Waals surface area contributed by atoms with E-state index in [0.29, 0.717) is 29.7 Å². The number of hydrogen-bond donors (Lipinski definition) is 1. The zero-order chi connectivity index (χ0) is 17.5. The lowest BCUT2D eigenvalue weighted by Crippen LogP contribution is -2.11. The second-order valence-corrected chi connectivity index (χ2v) is 6.18. The number of pyridine rings is 1. The zero-order valence-electron chi connectivity index (χ0n) is 14.0. The van der Waals surface area contributed by atoms with E-state index in [0.717, 1.165) is 24.2 Å². The zero-order valence-corrected chi connectivity index (χ0v) is 14.7. The van der Waals surface area contributed by atoms with E-state index in [-0.39, 0.29) is 5.69 Å². The monoisotopic (exact) mass is 347 g/mol. The van der Waals surface area contributed by atoms with Crippen LogP contribution in [0.4, 0.5) is 0 Å². The van der Waals surface area contributed by atoms with Crippen LogP contribution in [0.5, 0.6) is 5.75 Å². The van der Waals surface area contributed by atoms with Gasteiger partial charge in [-0.05, 0) is 36.2 Å². The number of hydrogen-bond acceptors (Lipinski definition) is 3. The fourth-order valence-electron chi connectivity index (χ4n) is 2.45. The second kappa shape index (κ2) is 8.69. The Morgan fingerprint density at radius 1 is 1.25 bits per heavy atom. The van der Waals surface area contributed by atoms with Crippen LogP contribution >= 0.6 is 11.6 Å². The molecule has 0 aliphatic carbocycles. The third kappa shape index (κ3) is 4.96. The first kappa shape index (κ1) is 18.3. The number of ether oxygens (including phenoxy) is 1. The molecule has 1 aromatic heterocycles. The van der Waals surface area contributed by atoms with Crippen molar-refractivity contribution in [3.63, 3.8) is 0 Å². The van der Waals surface area contributed by atoms with Crippen LogP contribution in [-0.4, -0.2) is 22.7 Å². The summed E-state index contributed by atoms with van der Waals surface area (Å²) >= 11 is 6.11. The van der Waals surface area contributed by atoms with Gasteiger partial charge in [0.15, 0.2) is 0 Å². The Kier molecular flexibility index (Phi) is 6.62. The highest BCUT2D eigenvalue weighted by Crippen LogP contribution is 2.26. The summed E-state index contributed by atoms with van der Waals surface area (Å²) in [6, 6.07) is 10.5. The first-order valence-corrected chi connectivity index (χ1v) is 8.51. The summed E-state index contributed by atoms with van der Waals surface area (Å²) in [4.78, 5) is 15.2. The van der Waals surface area contributed by atoms with Gasteiger partial charge in [-0.3, -0.25) is 0 Å². The van der Waals surface area contributed by atoms with Gasteiger partial charge in [-0.2, -0.15) is 0 Å². The molecule has 0 aliphatic rings. The normalized spacial score (nSPS) is 10.8. The number of carbonyl (C=O) groups is 1. The number of aromatic carboxylic acids is 1. The Hall–Kier alpha value is -2.07. The molecule has 0 amide bonds. The quantitative estimate of drug-likeness (QED) is 0.742. The van der Waals surface area contributed by atoms with Crippen molar-refractivity contribution in [3.8, 4) is 5.75 Å². The van der Waals surface area contributed by atoms with Gasteiger partial charge in [0.25, 0.3) is 0 Å². The number of rotatable bonds is 8. The number of nitrogens with zero attached hydrogens (tertiary/aromatic N) is 1. The average molecular weight is 348 g/mol. The van der Waals surface area contributed by atoms with Crippen molar-refractivity contribution < 1.29 is 14.6 Å². The highest BCUT2D eigenvalue weighted by Gasteiger charge is 2.11. The van der Waals surface area contributed by atoms with Crippen molar-refractivity contribution >= 4 is 17.6 Å². The SMILES string of the molecule is CCC(CC)COc1ccc(Cl)cc1Cc1cccc(C(=O)O)n1. The van der Waals surface area contributed by atoms with Crippen LogP contribution < -0.4 is 4.74 Å². The number of carboxylic acid groups (broad SMARTS) is 1. The molecule has 4 nitrogen and oxygen atoms in total. The maximum absolute atomic E-state index is 11.1. The first-order chi connectivity index (χ1) is 11.5. The smallest absolute Gasteiger partial charge is 0.354 e. The lowest BCUT2D eigenvalue weighted by Gasteiger charge is -2.16. The molecule has 0 saturated heterocycles. The predicted octanol–water partition coefficient (Wildman–Crippen LogP) is 4.84. The van der Waals surface area contributed by atoms with Crippen molar-refractivity contribution in [1.82, 2.24) is 4.98 Å². The molecule has 0 saturated carbocycles. The van der Waals surface area contributed by atoms with E-state index in [4.69, 9.17) is 21.4 Å². The van der Waals surface area contributed by atoms with Gasteiger partial charge in [0.1, 0.15) is 11.4 Å². The molecule has 0 bridgehead atoms. The van der Waals surface area contributed by atoms with Crippen LogP contribution in [0.15, 0.2) is 36.4 Å². The highest BCUT2D eigenvalue weighted by atomic mass is 35.5. The van der Waals surface area contributed by atoms with Gasteiger partial charge in [0.05, 0.1) is 6.61 Å². The van der Waals surface area contributed by atoms with Gasteiger partial charge in [-0.1, -0.05) is 44.4 Å². The second-order valence-electron chi connectivity index (χ2n) is 5.74. The van der Waals surface area contributed by atoms with Crippen molar-refractivity contribution in [1.29, 1.82) is 0 Å². The molecule has 1 heterocycles. The Morgan fingerprint density at radius 3 is 2.67 bits per heavy atom. The minimum absolute atomic E-state index is 0.0361. The minimum atomic E-state index is -1.03. The summed E-state index contributed by atoms with van der Waals surface area (Å²) in [5.74, 6) is 0.254. The molecule has 0 unspecified atom stereocenters. The molecule has 0 fully saturated rings. The number of carboxylic acids is 1. The molecule has 0 aliphatic heterocycles. The van der Waals surface area contributed by atoms with Crippen molar-refractivity contribution in [2.75, 3.05) is 6.61 Å². The molecule has 0 atom stereocenters. The molecule has 2 aromatic rings. The summed E-state index contributed by atoms with van der Waals surface area (Å²) in [7, 11) is 0. The van der Waals surface area contributed by atoms with E-state index in [1.54, 1.807) is 18.2 Å². The van der Waals surface area contributed by atoms with Crippen LogP contribution in [-0.2, 0) is 6.42 Å². The van der Waals surface area contributed by atoms with Crippen molar-refractivity contribution in [3.05, 3.63) is 58.4 Å². The van der Waals surface area contributed by atoms with Gasteiger partial charge < -0.3 is 9.84 Å². The lowest BCUT2D eigenvalue weighted by atomic mass is 10.0. The summed E-state index contributed by atoms with van der Waals surface area (Å²) in [5, 5.41) is 9.69. The van der Waals surface area contributed by atoms with Crippen LogP contribution in [0, 0.1) is 5.92 Å². The van der Waals surface area contributed by atoms with E-state index in [9.17, 15) is 4.79 Å². The summed E-state index contributed by atoms with van der Waals surface area (Å²) < 4.78 is 5.98. The van der Waals surface area contributed by atoms with Crippen LogP contribution in [0.1, 0.15) is 48.4 Å². The molecular formula is C19H22ClNO3. The molecule has 1 aromatic carbocycles. The molecule has 24 heavy (non-hydrogen) atoms. The van der Waals surface area contributed by atoms with Gasteiger partial charge in [0, 0.05) is 22.7 Å². The van der Waals surface area contributed by atoms with E-state index in [1.807, 2.05) is 12.1 Å². The number of benzene rings is 1. The standard InChI is InChI=1S/C19H22ClNO3/c1-3-13(4-2)12-24-18-9-8-15(20)10-14(18)11-16-6-5-7-17(21-16)19(22)23/h5-10,13H,3-4,11-12H2,1-2H3,(H,22,23). The third-order valence-electron chi connectivity index (χ3n) is 4.05. The fraction of sp³-hybridized carbons (Fsp3) is 0.368. The summed E-state index contributed by atoms with van der Waals surface area (Å²) in [5.41, 5.74) is 1.61. The van der Waals surface area contributed by atoms with Gasteiger partial charge in [-0.15, -0.1) is 0 Å². The number of halogens is 1.